The number of fused-ring (bicyclic) bond motifs is 1. The van der Waals surface area contributed by atoms with Crippen molar-refractivity contribution in [2.75, 3.05) is 43.1 Å². The minimum absolute atomic E-state index is 0.0496. The number of aromatic nitrogens is 4. The van der Waals surface area contributed by atoms with Crippen LogP contribution >= 0.6 is 11.6 Å². The summed E-state index contributed by atoms with van der Waals surface area (Å²) in [4.78, 5) is 38.6. The van der Waals surface area contributed by atoms with E-state index in [2.05, 4.69) is 50.2 Å². The highest BCUT2D eigenvalue weighted by atomic mass is 35.5. The number of imidazole rings is 1. The molecule has 1 atom stereocenters. The number of anilines is 3. The van der Waals surface area contributed by atoms with Crippen LogP contribution in [-0.2, 0) is 0 Å². The Morgan fingerprint density at radius 3 is 2.41 bits per heavy atom. The molecule has 218 valence electrons. The average Bonchev–Trinajstić information content (AvgIpc) is 3.42. The lowest BCUT2D eigenvalue weighted by atomic mass is 9.91. The molecule has 3 aromatic heterocycles. The van der Waals surface area contributed by atoms with Gasteiger partial charge < -0.3 is 31.1 Å². The highest BCUT2D eigenvalue weighted by molar-refractivity contribution is 6.29. The molecule has 41 heavy (non-hydrogen) atoms. The molecule has 3 aromatic rings. The maximum absolute atomic E-state index is 13.2. The first kappa shape index (κ1) is 27.5. The Hall–Kier alpha value is -3.64. The SMILES string of the molecule is CN(C)[C@@H]1CCN(C(=O)NC2CCC(Nc3cc(NC4CC4)c4ncc(C(=O)Nc5ccnc(Cl)c5)n4n3)CC2)C1. The van der Waals surface area contributed by atoms with Gasteiger partial charge in [-0.2, -0.15) is 0 Å². The van der Waals surface area contributed by atoms with E-state index in [4.69, 9.17) is 16.7 Å². The van der Waals surface area contributed by atoms with E-state index in [1.807, 2.05) is 11.0 Å². The number of hydrogen-bond donors (Lipinski definition) is 4. The molecule has 1 aliphatic heterocycles. The van der Waals surface area contributed by atoms with E-state index in [9.17, 15) is 9.59 Å². The van der Waals surface area contributed by atoms with E-state index in [1.54, 1.807) is 16.6 Å². The van der Waals surface area contributed by atoms with Crippen LogP contribution in [0.4, 0.5) is 22.0 Å². The number of likely N-dealkylation sites (tertiary alicyclic amines) is 1. The highest BCUT2D eigenvalue weighted by Crippen LogP contribution is 2.30. The molecule has 0 unspecified atom stereocenters. The van der Waals surface area contributed by atoms with Gasteiger partial charge in [-0.3, -0.25) is 4.79 Å². The highest BCUT2D eigenvalue weighted by Gasteiger charge is 2.30. The van der Waals surface area contributed by atoms with Gasteiger partial charge in [-0.1, -0.05) is 11.6 Å². The first-order chi connectivity index (χ1) is 19.8. The number of rotatable bonds is 8. The summed E-state index contributed by atoms with van der Waals surface area (Å²) in [5.74, 6) is 0.340. The van der Waals surface area contributed by atoms with Gasteiger partial charge in [-0.05, 0) is 71.2 Å². The van der Waals surface area contributed by atoms with Crippen molar-refractivity contribution in [3.63, 3.8) is 0 Å². The smallest absolute Gasteiger partial charge is 0.317 e. The summed E-state index contributed by atoms with van der Waals surface area (Å²) in [6.07, 6.45) is 9.94. The molecule has 1 saturated heterocycles. The Balaban J connectivity index is 1.11. The van der Waals surface area contributed by atoms with E-state index in [0.29, 0.717) is 40.1 Å². The fourth-order valence-electron chi connectivity index (χ4n) is 5.63. The Labute approximate surface area is 244 Å². The summed E-state index contributed by atoms with van der Waals surface area (Å²) in [6.45, 7) is 1.59. The molecule has 0 aromatic carbocycles. The van der Waals surface area contributed by atoms with Crippen LogP contribution in [0.15, 0.2) is 30.6 Å². The van der Waals surface area contributed by atoms with Crippen molar-refractivity contribution in [3.05, 3.63) is 41.4 Å². The Bertz CT molecular complexity index is 1420. The molecule has 2 aliphatic carbocycles. The molecule has 4 heterocycles. The number of urea groups is 1. The van der Waals surface area contributed by atoms with Crippen molar-refractivity contribution in [2.24, 2.45) is 0 Å². The van der Waals surface area contributed by atoms with E-state index < -0.39 is 0 Å². The molecule has 3 aliphatic rings. The summed E-state index contributed by atoms with van der Waals surface area (Å²) in [7, 11) is 4.14. The summed E-state index contributed by atoms with van der Waals surface area (Å²) in [5.41, 5.74) is 2.31. The van der Waals surface area contributed by atoms with E-state index in [0.717, 1.165) is 63.7 Å². The molecule has 4 N–H and O–H groups in total. The van der Waals surface area contributed by atoms with Crippen molar-refractivity contribution < 1.29 is 9.59 Å². The average molecular weight is 581 g/mol. The Morgan fingerprint density at radius 1 is 0.976 bits per heavy atom. The van der Waals surface area contributed by atoms with Crippen LogP contribution in [0.2, 0.25) is 5.15 Å². The molecule has 0 radical (unpaired) electrons. The van der Waals surface area contributed by atoms with Crippen molar-refractivity contribution in [1.29, 1.82) is 0 Å². The van der Waals surface area contributed by atoms with Gasteiger partial charge in [-0.15, -0.1) is 5.10 Å². The topological polar surface area (TPSA) is 132 Å². The van der Waals surface area contributed by atoms with Crippen LogP contribution in [0.3, 0.4) is 0 Å². The minimum atomic E-state index is -0.340. The van der Waals surface area contributed by atoms with Crippen LogP contribution < -0.4 is 21.3 Å². The second-order valence-corrected chi connectivity index (χ2v) is 11.9. The number of nitrogens with zero attached hydrogens (tertiary/aromatic N) is 6. The number of nitrogens with one attached hydrogen (secondary N) is 4. The number of carbonyl (C=O) groups is 2. The van der Waals surface area contributed by atoms with Gasteiger partial charge in [0.1, 0.15) is 11.0 Å². The second-order valence-electron chi connectivity index (χ2n) is 11.6. The predicted octanol–water partition coefficient (Wildman–Crippen LogP) is 3.67. The second kappa shape index (κ2) is 11.7. The fraction of sp³-hybridized carbons (Fsp3) is 0.536. The van der Waals surface area contributed by atoms with E-state index >= 15 is 0 Å². The molecular formula is C28H37ClN10O2. The largest absolute Gasteiger partial charge is 0.379 e. The molecule has 2 saturated carbocycles. The third kappa shape index (κ3) is 6.48. The Kier molecular flexibility index (Phi) is 7.85. The lowest BCUT2D eigenvalue weighted by Gasteiger charge is -2.31. The van der Waals surface area contributed by atoms with Crippen LogP contribution in [0.25, 0.3) is 5.65 Å². The van der Waals surface area contributed by atoms with E-state index in [1.165, 1.54) is 12.4 Å². The van der Waals surface area contributed by atoms with Gasteiger partial charge in [0, 0.05) is 55.2 Å². The minimum Gasteiger partial charge on any atom is -0.379 e. The predicted molar refractivity (Wildman–Crippen MR) is 159 cm³/mol. The number of pyridine rings is 1. The normalized spacial score (nSPS) is 22.6. The standard InChI is InChI=1S/C28H37ClN10O2/c1-37(2)21-10-12-38(16-21)28(41)35-19-7-5-18(6-8-19)33-25-14-22(32-17-3-4-17)26-31-15-23(39(26)36-25)27(40)34-20-9-11-30-24(29)13-20/h9,11,13-15,17-19,21,32H,3-8,10,12,16H2,1-2H3,(H,33,36)(H,35,41)(H,30,34,40)/t18?,19?,21-/m1/s1. The Morgan fingerprint density at radius 2 is 1.71 bits per heavy atom. The van der Waals surface area contributed by atoms with Gasteiger partial charge in [0.15, 0.2) is 11.3 Å². The lowest BCUT2D eigenvalue weighted by Crippen LogP contribution is -2.47. The first-order valence-electron chi connectivity index (χ1n) is 14.4. The van der Waals surface area contributed by atoms with Crippen LogP contribution in [-0.4, -0.2) is 92.7 Å². The third-order valence-electron chi connectivity index (χ3n) is 8.21. The van der Waals surface area contributed by atoms with Gasteiger partial charge in [-0.25, -0.2) is 19.3 Å². The molecular weight excluding hydrogens is 544 g/mol. The maximum Gasteiger partial charge on any atom is 0.317 e. The van der Waals surface area contributed by atoms with Gasteiger partial charge in [0.25, 0.3) is 5.91 Å². The summed E-state index contributed by atoms with van der Waals surface area (Å²) in [5, 5.41) is 18.3. The lowest BCUT2D eigenvalue weighted by molar-refractivity contribution is 0.102. The van der Waals surface area contributed by atoms with Crippen molar-refractivity contribution in [1.82, 2.24) is 34.7 Å². The molecule has 0 bridgehead atoms. The van der Waals surface area contributed by atoms with Crippen molar-refractivity contribution >= 4 is 46.4 Å². The number of carbonyl (C=O) groups excluding carboxylic acids is 2. The molecule has 0 spiro atoms. The zero-order valence-electron chi connectivity index (χ0n) is 23.4. The molecule has 6 rings (SSSR count). The first-order valence-corrected chi connectivity index (χ1v) is 14.8. The van der Waals surface area contributed by atoms with Crippen molar-refractivity contribution in [2.45, 2.75) is 69.1 Å². The van der Waals surface area contributed by atoms with E-state index in [-0.39, 0.29) is 24.0 Å². The fourth-order valence-corrected chi connectivity index (χ4v) is 5.80. The molecule has 12 nitrogen and oxygen atoms in total. The molecule has 3 amide bonds. The maximum atomic E-state index is 13.2. The monoisotopic (exact) mass is 580 g/mol. The van der Waals surface area contributed by atoms with Crippen LogP contribution in [0.1, 0.15) is 55.4 Å². The van der Waals surface area contributed by atoms with Crippen LogP contribution in [0, 0.1) is 0 Å². The number of halogens is 1. The van der Waals surface area contributed by atoms with Gasteiger partial charge >= 0.3 is 6.03 Å². The summed E-state index contributed by atoms with van der Waals surface area (Å²) in [6, 6.07) is 6.52. The zero-order chi connectivity index (χ0) is 28.5. The molecule has 3 fully saturated rings. The number of hydrogen-bond acceptors (Lipinski definition) is 8. The van der Waals surface area contributed by atoms with Crippen LogP contribution in [0.5, 0.6) is 0 Å². The van der Waals surface area contributed by atoms with Crippen molar-refractivity contribution in [3.8, 4) is 0 Å². The number of amides is 3. The third-order valence-corrected chi connectivity index (χ3v) is 8.42. The van der Waals surface area contributed by atoms with Gasteiger partial charge in [0.2, 0.25) is 0 Å². The molecule has 13 heteroatoms. The van der Waals surface area contributed by atoms with Gasteiger partial charge in [0.05, 0.1) is 11.9 Å². The number of likely N-dealkylation sites (N-methyl/N-ethyl adjacent to an activating group) is 1. The zero-order valence-corrected chi connectivity index (χ0v) is 24.2. The summed E-state index contributed by atoms with van der Waals surface area (Å²) >= 11 is 5.98. The quantitative estimate of drug-likeness (QED) is 0.297. The summed E-state index contributed by atoms with van der Waals surface area (Å²) < 4.78 is 1.59.